The Bertz CT molecular complexity index is 682. The van der Waals surface area contributed by atoms with Gasteiger partial charge in [0.2, 0.25) is 0 Å². The summed E-state index contributed by atoms with van der Waals surface area (Å²) >= 11 is 0. The van der Waals surface area contributed by atoms with Crippen LogP contribution in [-0.4, -0.2) is 50.4 Å². The lowest BCUT2D eigenvalue weighted by Crippen LogP contribution is -2.68. The van der Waals surface area contributed by atoms with Gasteiger partial charge in [0.1, 0.15) is 0 Å². The zero-order chi connectivity index (χ0) is 18.6. The Morgan fingerprint density at radius 1 is 0.821 bits per heavy atom. The first-order valence-corrected chi connectivity index (χ1v) is 14.5. The average Bonchev–Trinajstić information content (AvgIpc) is 3.20. The molecular formula is C25H38N2Si. The predicted octanol–water partition coefficient (Wildman–Crippen LogP) is 4.61. The molecule has 5 atom stereocenters. The van der Waals surface area contributed by atoms with Crippen LogP contribution in [0.25, 0.3) is 0 Å². The Hall–Kier alpha value is -0.643. The molecule has 2 aliphatic heterocycles. The maximum Gasteiger partial charge on any atom is 0.168 e. The van der Waals surface area contributed by atoms with Gasteiger partial charge in [0.15, 0.2) is 8.24 Å². The highest BCUT2D eigenvalue weighted by atomic mass is 28.3. The Morgan fingerprint density at radius 3 is 2.07 bits per heavy atom. The second kappa shape index (κ2) is 6.96. The van der Waals surface area contributed by atoms with Crippen molar-refractivity contribution in [2.75, 3.05) is 32.7 Å². The summed E-state index contributed by atoms with van der Waals surface area (Å²) in [5.74, 6) is 3.30. The average molecular weight is 395 g/mol. The van der Waals surface area contributed by atoms with Crippen molar-refractivity contribution in [1.29, 1.82) is 0 Å². The van der Waals surface area contributed by atoms with Gasteiger partial charge in [-0.3, -0.25) is 0 Å². The van der Waals surface area contributed by atoms with E-state index in [0.717, 1.165) is 22.8 Å². The molecular weight excluding hydrogens is 356 g/mol. The third-order valence-electron chi connectivity index (χ3n) is 9.66. The molecule has 1 aromatic carbocycles. The first-order valence-electron chi connectivity index (χ1n) is 12.4. The number of rotatable bonds is 6. The Labute approximate surface area is 172 Å². The summed E-state index contributed by atoms with van der Waals surface area (Å²) < 4.78 is 3.16. The quantitative estimate of drug-likeness (QED) is 0.650. The molecule has 6 fully saturated rings. The first kappa shape index (κ1) is 18.2. The summed E-state index contributed by atoms with van der Waals surface area (Å²) in [4.78, 5) is 2.84. The van der Waals surface area contributed by atoms with Crippen molar-refractivity contribution in [2.45, 2.75) is 68.9 Å². The van der Waals surface area contributed by atoms with Gasteiger partial charge in [-0.25, -0.2) is 0 Å². The highest BCUT2D eigenvalue weighted by Crippen LogP contribution is 2.87. The molecule has 0 aromatic heterocycles. The molecule has 7 rings (SSSR count). The second-order valence-corrected chi connectivity index (χ2v) is 15.1. The van der Waals surface area contributed by atoms with Crippen LogP contribution < -0.4 is 5.19 Å². The van der Waals surface area contributed by atoms with E-state index in [2.05, 4.69) is 39.8 Å². The summed E-state index contributed by atoms with van der Waals surface area (Å²) in [6, 6.07) is 13.6. The van der Waals surface area contributed by atoms with E-state index in [-0.39, 0.29) is 0 Å². The smallest absolute Gasteiger partial charge is 0.168 e. The van der Waals surface area contributed by atoms with Gasteiger partial charge in [-0.2, -0.15) is 0 Å². The topological polar surface area (TPSA) is 6.48 Å². The Morgan fingerprint density at radius 2 is 1.46 bits per heavy atom. The van der Waals surface area contributed by atoms with Crippen LogP contribution in [0.2, 0.25) is 11.1 Å². The molecule has 2 nitrogen and oxygen atoms in total. The molecule has 4 aliphatic carbocycles. The molecule has 152 valence electrons. The summed E-state index contributed by atoms with van der Waals surface area (Å²) in [5.41, 5.74) is 0. The van der Waals surface area contributed by atoms with Crippen molar-refractivity contribution in [3.63, 3.8) is 0 Å². The van der Waals surface area contributed by atoms with E-state index in [1.165, 1.54) is 77.3 Å². The van der Waals surface area contributed by atoms with Crippen LogP contribution in [0.4, 0.5) is 0 Å². The van der Waals surface area contributed by atoms with Gasteiger partial charge in [0.25, 0.3) is 0 Å². The highest BCUT2D eigenvalue weighted by molar-refractivity contribution is 6.93. The molecule has 4 saturated carbocycles. The van der Waals surface area contributed by atoms with E-state index in [0.29, 0.717) is 0 Å². The molecule has 0 radical (unpaired) electrons. The molecule has 4 bridgehead atoms. The third-order valence-corrected chi connectivity index (χ3v) is 15.9. The van der Waals surface area contributed by atoms with Gasteiger partial charge in [-0.1, -0.05) is 43.2 Å². The summed E-state index contributed by atoms with van der Waals surface area (Å²) in [6.07, 6.45) is 13.4. The fourth-order valence-electron chi connectivity index (χ4n) is 8.67. The number of benzene rings is 1. The van der Waals surface area contributed by atoms with Crippen molar-refractivity contribution in [3.05, 3.63) is 30.3 Å². The van der Waals surface area contributed by atoms with Crippen LogP contribution in [0.1, 0.15) is 57.8 Å². The first-order chi connectivity index (χ1) is 13.8. The molecule has 3 heteroatoms. The van der Waals surface area contributed by atoms with Crippen molar-refractivity contribution >= 4 is 13.4 Å². The van der Waals surface area contributed by atoms with Crippen molar-refractivity contribution in [1.82, 2.24) is 9.47 Å². The van der Waals surface area contributed by atoms with E-state index in [1.54, 1.807) is 19.3 Å². The van der Waals surface area contributed by atoms with Crippen LogP contribution >= 0.6 is 0 Å². The normalized spacial score (nSPS) is 39.8. The van der Waals surface area contributed by atoms with Gasteiger partial charge >= 0.3 is 0 Å². The molecule has 3 unspecified atom stereocenters. The lowest BCUT2D eigenvalue weighted by molar-refractivity contribution is 0.235. The molecule has 6 aliphatic rings. The highest BCUT2D eigenvalue weighted by Gasteiger charge is 2.82. The minimum absolute atomic E-state index is 0.756. The summed E-state index contributed by atoms with van der Waals surface area (Å²) in [5, 5.41) is 2.57. The van der Waals surface area contributed by atoms with Crippen LogP contribution in [0, 0.1) is 17.8 Å². The number of likely N-dealkylation sites (tertiary alicyclic amines) is 1. The lowest BCUT2D eigenvalue weighted by atomic mass is 10.1. The molecule has 0 amide bonds. The zero-order valence-electron chi connectivity index (χ0n) is 17.6. The zero-order valence-corrected chi connectivity index (χ0v) is 18.6. The molecule has 0 N–H and O–H groups in total. The van der Waals surface area contributed by atoms with Gasteiger partial charge in [0.05, 0.1) is 0 Å². The molecule has 1 aromatic rings. The van der Waals surface area contributed by atoms with E-state index in [4.69, 9.17) is 0 Å². The van der Waals surface area contributed by atoms with Gasteiger partial charge < -0.3 is 9.47 Å². The molecule has 2 heterocycles. The SMILES string of the molecule is c1ccc([Si](CCN2CCCCC2)(N2CCCCC2)C23CC4C[C@@H]2[C@@H]3C4)cc1. The van der Waals surface area contributed by atoms with E-state index in [1.807, 2.05) is 5.19 Å². The minimum atomic E-state index is -1.70. The summed E-state index contributed by atoms with van der Waals surface area (Å²) in [6.45, 7) is 6.90. The van der Waals surface area contributed by atoms with Gasteiger partial charge in [-0.05, 0) is 112 Å². The van der Waals surface area contributed by atoms with Gasteiger partial charge in [-0.15, -0.1) is 0 Å². The second-order valence-electron chi connectivity index (χ2n) is 10.7. The Kier molecular flexibility index (Phi) is 4.51. The monoisotopic (exact) mass is 394 g/mol. The lowest BCUT2D eigenvalue weighted by Gasteiger charge is -2.50. The maximum atomic E-state index is 3.16. The number of nitrogens with zero attached hydrogens (tertiary/aromatic N) is 2. The standard InChI is InChI=1S/C25H38N2Si/c1-4-10-22(11-5-1)28(27-14-8-3-9-15-27,17-16-26-12-6-2-7-13-26)25-20-21-18-23(25)24(25)19-21/h1,4-5,10-11,21,23-24H,2-3,6-9,12-20H2/t21?,23-,24+,25?,28?. The number of piperidine rings is 2. The fourth-order valence-corrected chi connectivity index (χ4v) is 16.1. The van der Waals surface area contributed by atoms with Crippen molar-refractivity contribution in [2.24, 2.45) is 17.8 Å². The fraction of sp³-hybridized carbons (Fsp3) is 0.760. The van der Waals surface area contributed by atoms with Crippen molar-refractivity contribution < 1.29 is 0 Å². The van der Waals surface area contributed by atoms with E-state index < -0.39 is 8.24 Å². The van der Waals surface area contributed by atoms with Gasteiger partial charge in [0, 0.05) is 0 Å². The molecule has 2 saturated heterocycles. The van der Waals surface area contributed by atoms with E-state index >= 15 is 0 Å². The number of hydrogen-bond acceptors (Lipinski definition) is 2. The third kappa shape index (κ3) is 2.51. The summed E-state index contributed by atoms with van der Waals surface area (Å²) in [7, 11) is -1.70. The molecule has 28 heavy (non-hydrogen) atoms. The minimum Gasteiger partial charge on any atom is -0.319 e. The Balaban J connectivity index is 1.40. The largest absolute Gasteiger partial charge is 0.319 e. The van der Waals surface area contributed by atoms with E-state index in [9.17, 15) is 0 Å². The van der Waals surface area contributed by atoms with Crippen LogP contribution in [0.5, 0.6) is 0 Å². The predicted molar refractivity (Wildman–Crippen MR) is 119 cm³/mol. The van der Waals surface area contributed by atoms with Crippen LogP contribution in [0.3, 0.4) is 0 Å². The number of hydrogen-bond donors (Lipinski definition) is 0. The van der Waals surface area contributed by atoms with Crippen molar-refractivity contribution in [3.8, 4) is 0 Å². The van der Waals surface area contributed by atoms with Crippen LogP contribution in [0.15, 0.2) is 30.3 Å². The molecule has 0 spiro atoms. The van der Waals surface area contributed by atoms with Crippen LogP contribution in [-0.2, 0) is 0 Å². The maximum absolute atomic E-state index is 3.16.